The monoisotopic (exact) mass is 727 g/mol. The van der Waals surface area contributed by atoms with Gasteiger partial charge in [-0.05, 0) is 80.0 Å². The summed E-state index contributed by atoms with van der Waals surface area (Å²) in [6.45, 7) is 0.104. The van der Waals surface area contributed by atoms with E-state index in [9.17, 15) is 14.9 Å². The van der Waals surface area contributed by atoms with Crippen LogP contribution in [0.3, 0.4) is 0 Å². The molecule has 0 bridgehead atoms. The Morgan fingerprint density at radius 3 is 2.78 bits per heavy atom. The topological polar surface area (TPSA) is 116 Å². The Morgan fingerprint density at radius 1 is 1.22 bits per heavy atom. The second-order valence-corrected chi connectivity index (χ2v) is 10.3. The lowest BCUT2D eigenvalue weighted by Crippen LogP contribution is -2.16. The summed E-state index contributed by atoms with van der Waals surface area (Å²) in [5.74, 6) is 0.493. The number of hydrogen-bond donors (Lipinski definition) is 1. The maximum Gasteiger partial charge on any atom is 0.307 e. The third-order valence-electron chi connectivity index (χ3n) is 4.90. The number of fused-ring (bicyclic) bond motifs is 1. The fourth-order valence-electron chi connectivity index (χ4n) is 3.28. The van der Waals surface area contributed by atoms with E-state index in [4.69, 9.17) is 13.9 Å². The molecule has 0 spiro atoms. The van der Waals surface area contributed by atoms with Crippen molar-refractivity contribution in [2.24, 2.45) is 5.10 Å². The zero-order valence-electron chi connectivity index (χ0n) is 18.5. The second-order valence-electron chi connectivity index (χ2n) is 7.37. The highest BCUT2D eigenvalue weighted by Gasteiger charge is 2.15. The van der Waals surface area contributed by atoms with Gasteiger partial charge in [-0.2, -0.15) is 5.10 Å². The number of carbonyl (C=O) groups excluding carboxylic acids is 1. The van der Waals surface area contributed by atoms with Crippen LogP contribution in [0.2, 0.25) is 0 Å². The van der Waals surface area contributed by atoms with E-state index in [0.29, 0.717) is 32.7 Å². The Morgan fingerprint density at radius 2 is 2.03 bits per heavy atom. The minimum atomic E-state index is -0.489. The Kier molecular flexibility index (Phi) is 8.26. The molecule has 4 rings (SSSR count). The van der Waals surface area contributed by atoms with Crippen LogP contribution < -0.4 is 14.9 Å². The molecule has 0 fully saturated rings. The molecule has 0 aliphatic carbocycles. The summed E-state index contributed by atoms with van der Waals surface area (Å²) in [4.78, 5) is 23.0. The summed E-state index contributed by atoms with van der Waals surface area (Å²) in [6, 6.07) is 15.0. The number of hydrazone groups is 1. The molecule has 0 aliphatic rings. The number of benzene rings is 3. The number of furan rings is 1. The fraction of sp³-hybridized carbons (Fsp3) is 0.0833. The molecule has 0 radical (unpaired) electrons. The maximum absolute atomic E-state index is 12.5. The summed E-state index contributed by atoms with van der Waals surface area (Å²) in [5, 5.41) is 15.8. The van der Waals surface area contributed by atoms with Crippen LogP contribution in [0.25, 0.3) is 11.0 Å². The lowest BCUT2D eigenvalue weighted by Gasteiger charge is -2.13. The standard InChI is InChI=1S/C24H16Br2IN3O6/c1-34-20-7-14(6-18(26)23(20)35-12-13-3-2-4-17(5-13)30(32)33)11-28-29-24(31)21-9-15-8-16(25)10-19(27)22(15)36-21/h2-11H,12H2,1H3,(H,29,31)/b28-11-. The molecule has 3 aromatic carbocycles. The molecule has 0 aliphatic heterocycles. The lowest BCUT2D eigenvalue weighted by atomic mass is 10.2. The highest BCUT2D eigenvalue weighted by atomic mass is 127. The minimum absolute atomic E-state index is 0.0130. The van der Waals surface area contributed by atoms with Crippen LogP contribution in [0.15, 0.2) is 73.1 Å². The van der Waals surface area contributed by atoms with Crippen LogP contribution in [-0.2, 0) is 6.61 Å². The number of methoxy groups -OCH3 is 1. The molecule has 0 saturated heterocycles. The zero-order valence-corrected chi connectivity index (χ0v) is 23.8. The highest BCUT2D eigenvalue weighted by Crippen LogP contribution is 2.37. The number of non-ortho nitro benzene ring substituents is 1. The van der Waals surface area contributed by atoms with Gasteiger partial charge in [-0.1, -0.05) is 28.1 Å². The number of nitro groups is 1. The van der Waals surface area contributed by atoms with E-state index in [2.05, 4.69) is 65.0 Å². The van der Waals surface area contributed by atoms with Gasteiger partial charge in [0.15, 0.2) is 17.3 Å². The van der Waals surface area contributed by atoms with Crippen LogP contribution in [-0.4, -0.2) is 24.2 Å². The van der Waals surface area contributed by atoms with Gasteiger partial charge in [-0.25, -0.2) is 5.43 Å². The van der Waals surface area contributed by atoms with Crippen molar-refractivity contribution in [1.82, 2.24) is 5.43 Å². The average molecular weight is 729 g/mol. The highest BCUT2D eigenvalue weighted by molar-refractivity contribution is 14.1. The number of halogens is 3. The molecule has 1 amide bonds. The lowest BCUT2D eigenvalue weighted by molar-refractivity contribution is -0.384. The number of nitrogens with one attached hydrogen (secondary N) is 1. The van der Waals surface area contributed by atoms with Gasteiger partial charge in [0.1, 0.15) is 12.2 Å². The van der Waals surface area contributed by atoms with Crippen molar-refractivity contribution in [3.05, 3.63) is 94.1 Å². The van der Waals surface area contributed by atoms with E-state index < -0.39 is 10.8 Å². The second kappa shape index (κ2) is 11.4. The molecule has 36 heavy (non-hydrogen) atoms. The van der Waals surface area contributed by atoms with Crippen LogP contribution in [0.5, 0.6) is 11.5 Å². The van der Waals surface area contributed by atoms with E-state index in [1.807, 2.05) is 12.1 Å². The first kappa shape index (κ1) is 26.1. The van der Waals surface area contributed by atoms with Crippen LogP contribution in [0.1, 0.15) is 21.7 Å². The average Bonchev–Trinajstić information content (AvgIpc) is 3.28. The predicted molar refractivity (Wildman–Crippen MR) is 150 cm³/mol. The van der Waals surface area contributed by atoms with E-state index in [0.717, 1.165) is 13.4 Å². The first-order valence-electron chi connectivity index (χ1n) is 10.2. The van der Waals surface area contributed by atoms with Crippen molar-refractivity contribution < 1.29 is 23.6 Å². The minimum Gasteiger partial charge on any atom is -0.493 e. The third kappa shape index (κ3) is 6.05. The van der Waals surface area contributed by atoms with Crippen molar-refractivity contribution in [1.29, 1.82) is 0 Å². The number of nitro benzene ring substituents is 1. The van der Waals surface area contributed by atoms with Crippen molar-refractivity contribution in [3.63, 3.8) is 0 Å². The van der Waals surface area contributed by atoms with Gasteiger partial charge in [0, 0.05) is 22.0 Å². The molecule has 0 saturated carbocycles. The largest absolute Gasteiger partial charge is 0.493 e. The molecule has 1 aromatic heterocycles. The molecular formula is C24H16Br2IN3O6. The normalized spacial score (nSPS) is 11.1. The Balaban J connectivity index is 1.45. The third-order valence-corrected chi connectivity index (χ3v) is 6.74. The molecule has 1 heterocycles. The summed E-state index contributed by atoms with van der Waals surface area (Å²) in [7, 11) is 1.49. The van der Waals surface area contributed by atoms with Gasteiger partial charge in [0.25, 0.3) is 5.69 Å². The number of nitrogens with zero attached hydrogens (tertiary/aromatic N) is 2. The zero-order chi connectivity index (χ0) is 25.8. The summed E-state index contributed by atoms with van der Waals surface area (Å²) in [6.07, 6.45) is 1.46. The molecule has 184 valence electrons. The van der Waals surface area contributed by atoms with Crippen LogP contribution in [0.4, 0.5) is 5.69 Å². The summed E-state index contributed by atoms with van der Waals surface area (Å²) >= 11 is 9.03. The molecular weight excluding hydrogens is 713 g/mol. The van der Waals surface area contributed by atoms with Crippen molar-refractivity contribution in [3.8, 4) is 11.5 Å². The van der Waals surface area contributed by atoms with E-state index >= 15 is 0 Å². The maximum atomic E-state index is 12.5. The van der Waals surface area contributed by atoms with Gasteiger partial charge in [0.05, 0.1) is 26.3 Å². The van der Waals surface area contributed by atoms with Crippen molar-refractivity contribution in [2.45, 2.75) is 6.61 Å². The number of carbonyl (C=O) groups is 1. The Labute approximate surface area is 235 Å². The molecule has 0 unspecified atom stereocenters. The molecule has 4 aromatic rings. The van der Waals surface area contributed by atoms with Crippen LogP contribution >= 0.6 is 54.5 Å². The van der Waals surface area contributed by atoms with Gasteiger partial charge in [0.2, 0.25) is 0 Å². The number of hydrogen-bond acceptors (Lipinski definition) is 7. The number of amides is 1. The van der Waals surface area contributed by atoms with Crippen molar-refractivity contribution in [2.75, 3.05) is 7.11 Å². The smallest absolute Gasteiger partial charge is 0.307 e. The first-order chi connectivity index (χ1) is 17.2. The van der Waals surface area contributed by atoms with Gasteiger partial charge >= 0.3 is 5.91 Å². The quantitative estimate of drug-likeness (QED) is 0.0922. The van der Waals surface area contributed by atoms with Gasteiger partial charge in [-0.15, -0.1) is 0 Å². The van der Waals surface area contributed by atoms with E-state index in [1.165, 1.54) is 25.5 Å². The van der Waals surface area contributed by atoms with E-state index in [-0.39, 0.29) is 18.1 Å². The first-order valence-corrected chi connectivity index (χ1v) is 12.9. The molecule has 12 heteroatoms. The van der Waals surface area contributed by atoms with Crippen LogP contribution in [0, 0.1) is 13.7 Å². The number of ether oxygens (including phenoxy) is 2. The fourth-order valence-corrected chi connectivity index (χ4v) is 5.51. The molecule has 1 N–H and O–H groups in total. The molecule has 9 nitrogen and oxygen atoms in total. The van der Waals surface area contributed by atoms with E-state index in [1.54, 1.807) is 30.3 Å². The van der Waals surface area contributed by atoms with Gasteiger partial charge in [-0.3, -0.25) is 14.9 Å². The Bertz CT molecular complexity index is 1500. The Hall–Kier alpha value is -2.97. The summed E-state index contributed by atoms with van der Waals surface area (Å²) in [5.41, 5.74) is 4.34. The predicted octanol–water partition coefficient (Wildman–Crippen LogP) is 6.82. The SMILES string of the molecule is COc1cc(/C=N\NC(=O)c2cc3cc(Br)cc(I)c3o2)cc(Br)c1OCc1cccc([N+](=O)[O-])c1. The van der Waals surface area contributed by atoms with Gasteiger partial charge < -0.3 is 13.9 Å². The molecule has 0 atom stereocenters. The van der Waals surface area contributed by atoms with Crippen molar-refractivity contribution >= 4 is 83.2 Å². The number of rotatable bonds is 8. The summed E-state index contributed by atoms with van der Waals surface area (Å²) < 4.78 is 19.3.